The van der Waals surface area contributed by atoms with E-state index in [2.05, 4.69) is 4.72 Å². The highest BCUT2D eigenvalue weighted by Gasteiger charge is 2.21. The van der Waals surface area contributed by atoms with E-state index in [1.54, 1.807) is 12.1 Å². The fourth-order valence-electron chi connectivity index (χ4n) is 2.43. The number of benzene rings is 1. The van der Waals surface area contributed by atoms with E-state index in [0.717, 1.165) is 31.8 Å². The van der Waals surface area contributed by atoms with Crippen LogP contribution in [0.5, 0.6) is 0 Å². The van der Waals surface area contributed by atoms with Crippen LogP contribution in [0.2, 0.25) is 0 Å². The molecule has 21 heavy (non-hydrogen) atoms. The quantitative estimate of drug-likeness (QED) is 0.818. The molecule has 0 atom stereocenters. The van der Waals surface area contributed by atoms with Crippen molar-refractivity contribution in [3.8, 4) is 0 Å². The van der Waals surface area contributed by atoms with Crippen LogP contribution >= 0.6 is 0 Å². The first-order valence-electron chi connectivity index (χ1n) is 7.01. The fourth-order valence-corrected chi connectivity index (χ4v) is 3.74. The van der Waals surface area contributed by atoms with Crippen LogP contribution in [0.3, 0.4) is 0 Å². The van der Waals surface area contributed by atoms with Gasteiger partial charge in [-0.2, -0.15) is 0 Å². The Labute approximate surface area is 124 Å². The molecule has 0 saturated heterocycles. The molecule has 2 rings (SSSR count). The lowest BCUT2D eigenvalue weighted by Crippen LogP contribution is -2.36. The van der Waals surface area contributed by atoms with E-state index in [-0.39, 0.29) is 10.9 Å². The summed E-state index contributed by atoms with van der Waals surface area (Å²) in [7, 11) is -3.50. The zero-order chi connectivity index (χ0) is 15.3. The van der Waals surface area contributed by atoms with Crippen molar-refractivity contribution in [3.05, 3.63) is 35.9 Å². The van der Waals surface area contributed by atoms with Crippen molar-refractivity contribution >= 4 is 22.1 Å². The number of aliphatic carboxylic acids is 1. The number of hydrogen-bond acceptors (Lipinski definition) is 3. The van der Waals surface area contributed by atoms with Gasteiger partial charge in [0.15, 0.2) is 0 Å². The summed E-state index contributed by atoms with van der Waals surface area (Å²) in [5, 5.41) is 8.55. The molecule has 0 aliphatic heterocycles. The minimum absolute atomic E-state index is 0.0235. The molecule has 1 fully saturated rings. The Kier molecular flexibility index (Phi) is 5.14. The Balaban J connectivity index is 2.07. The predicted octanol–water partition coefficient (Wildman–Crippen LogP) is 2.40. The largest absolute Gasteiger partial charge is 0.478 e. The molecule has 0 radical (unpaired) electrons. The Morgan fingerprint density at radius 1 is 1.14 bits per heavy atom. The van der Waals surface area contributed by atoms with E-state index in [1.165, 1.54) is 24.6 Å². The number of carbonyl (C=O) groups is 1. The van der Waals surface area contributed by atoms with Gasteiger partial charge in [0.1, 0.15) is 0 Å². The van der Waals surface area contributed by atoms with Crippen molar-refractivity contribution in [1.82, 2.24) is 4.72 Å². The van der Waals surface area contributed by atoms with Crippen molar-refractivity contribution in [2.24, 2.45) is 0 Å². The van der Waals surface area contributed by atoms with Gasteiger partial charge in [0, 0.05) is 12.1 Å². The molecule has 1 saturated carbocycles. The Bertz CT molecular complexity index is 614. The molecular formula is C15H19NO4S. The lowest BCUT2D eigenvalue weighted by Gasteiger charge is -2.22. The zero-order valence-corrected chi connectivity index (χ0v) is 12.5. The zero-order valence-electron chi connectivity index (χ0n) is 11.7. The van der Waals surface area contributed by atoms with Gasteiger partial charge >= 0.3 is 5.97 Å². The second-order valence-electron chi connectivity index (χ2n) is 5.20. The maximum absolute atomic E-state index is 12.3. The summed E-state index contributed by atoms with van der Waals surface area (Å²) in [6, 6.07) is 6.19. The summed E-state index contributed by atoms with van der Waals surface area (Å²) in [6.07, 6.45) is 7.51. The molecule has 0 bridgehead atoms. The molecule has 0 amide bonds. The van der Waals surface area contributed by atoms with Crippen molar-refractivity contribution in [3.63, 3.8) is 0 Å². The average molecular weight is 309 g/mol. The van der Waals surface area contributed by atoms with Gasteiger partial charge in [-0.1, -0.05) is 31.4 Å². The van der Waals surface area contributed by atoms with Gasteiger partial charge in [-0.3, -0.25) is 0 Å². The second-order valence-corrected chi connectivity index (χ2v) is 6.91. The molecule has 1 aromatic rings. The summed E-state index contributed by atoms with van der Waals surface area (Å²) in [4.78, 5) is 10.6. The van der Waals surface area contributed by atoms with Crippen molar-refractivity contribution < 1.29 is 18.3 Å². The topological polar surface area (TPSA) is 83.5 Å². The van der Waals surface area contributed by atoms with Crippen LogP contribution in [-0.4, -0.2) is 25.5 Å². The summed E-state index contributed by atoms with van der Waals surface area (Å²) >= 11 is 0. The fraction of sp³-hybridized carbons (Fsp3) is 0.400. The Hall–Kier alpha value is -1.66. The number of rotatable bonds is 5. The minimum Gasteiger partial charge on any atom is -0.478 e. The summed E-state index contributed by atoms with van der Waals surface area (Å²) in [5.41, 5.74) is 0.647. The maximum atomic E-state index is 12.3. The van der Waals surface area contributed by atoms with Crippen LogP contribution in [0, 0.1) is 0 Å². The average Bonchev–Trinajstić information content (AvgIpc) is 2.46. The molecular weight excluding hydrogens is 290 g/mol. The van der Waals surface area contributed by atoms with Gasteiger partial charge in [-0.25, -0.2) is 17.9 Å². The van der Waals surface area contributed by atoms with E-state index in [9.17, 15) is 13.2 Å². The summed E-state index contributed by atoms with van der Waals surface area (Å²) in [5.74, 6) is -1.04. The van der Waals surface area contributed by atoms with Crippen LogP contribution in [-0.2, 0) is 14.8 Å². The van der Waals surface area contributed by atoms with Crippen LogP contribution < -0.4 is 4.72 Å². The first-order chi connectivity index (χ1) is 9.97. The Morgan fingerprint density at radius 3 is 2.33 bits per heavy atom. The predicted molar refractivity (Wildman–Crippen MR) is 80.3 cm³/mol. The first-order valence-corrected chi connectivity index (χ1v) is 8.49. The van der Waals surface area contributed by atoms with Gasteiger partial charge in [-0.05, 0) is 36.6 Å². The first kappa shape index (κ1) is 15.7. The molecule has 2 N–H and O–H groups in total. The van der Waals surface area contributed by atoms with E-state index in [0.29, 0.717) is 5.56 Å². The monoisotopic (exact) mass is 309 g/mol. The Morgan fingerprint density at radius 2 is 1.76 bits per heavy atom. The van der Waals surface area contributed by atoms with Crippen LogP contribution in [0.15, 0.2) is 35.2 Å². The smallest absolute Gasteiger partial charge is 0.328 e. The lowest BCUT2D eigenvalue weighted by molar-refractivity contribution is -0.131. The van der Waals surface area contributed by atoms with E-state index < -0.39 is 16.0 Å². The maximum Gasteiger partial charge on any atom is 0.328 e. The van der Waals surface area contributed by atoms with E-state index >= 15 is 0 Å². The molecule has 0 aromatic heterocycles. The third kappa shape index (κ3) is 4.68. The lowest BCUT2D eigenvalue weighted by atomic mass is 9.96. The number of hydrogen-bond donors (Lipinski definition) is 2. The molecule has 1 aromatic carbocycles. The molecule has 1 aliphatic rings. The van der Waals surface area contributed by atoms with Gasteiger partial charge in [0.05, 0.1) is 4.90 Å². The molecule has 0 spiro atoms. The third-order valence-corrected chi connectivity index (χ3v) is 5.07. The normalized spacial score (nSPS) is 17.1. The van der Waals surface area contributed by atoms with Crippen LogP contribution in [0.25, 0.3) is 6.08 Å². The van der Waals surface area contributed by atoms with Crippen molar-refractivity contribution in [2.75, 3.05) is 0 Å². The second kappa shape index (κ2) is 6.87. The van der Waals surface area contributed by atoms with E-state index in [1.807, 2.05) is 0 Å². The number of nitrogens with one attached hydrogen (secondary N) is 1. The summed E-state index contributed by atoms with van der Waals surface area (Å²) < 4.78 is 27.3. The SMILES string of the molecule is O=C(O)/C=C/c1ccc(S(=O)(=O)NC2CCCCC2)cc1. The summed E-state index contributed by atoms with van der Waals surface area (Å²) in [6.45, 7) is 0. The molecule has 114 valence electrons. The van der Waals surface area contributed by atoms with Gasteiger partial charge < -0.3 is 5.11 Å². The molecule has 5 nitrogen and oxygen atoms in total. The highest BCUT2D eigenvalue weighted by Crippen LogP contribution is 2.20. The molecule has 1 aliphatic carbocycles. The van der Waals surface area contributed by atoms with Gasteiger partial charge in [0.2, 0.25) is 10.0 Å². The van der Waals surface area contributed by atoms with Crippen molar-refractivity contribution in [2.45, 2.75) is 43.0 Å². The van der Waals surface area contributed by atoms with Crippen LogP contribution in [0.1, 0.15) is 37.7 Å². The van der Waals surface area contributed by atoms with Gasteiger partial charge in [0.25, 0.3) is 0 Å². The van der Waals surface area contributed by atoms with E-state index in [4.69, 9.17) is 5.11 Å². The highest BCUT2D eigenvalue weighted by molar-refractivity contribution is 7.89. The van der Waals surface area contributed by atoms with Crippen molar-refractivity contribution in [1.29, 1.82) is 0 Å². The molecule has 0 unspecified atom stereocenters. The minimum atomic E-state index is -3.50. The molecule has 6 heteroatoms. The number of carboxylic acid groups (broad SMARTS) is 1. The third-order valence-electron chi connectivity index (χ3n) is 3.54. The highest BCUT2D eigenvalue weighted by atomic mass is 32.2. The molecule has 0 heterocycles. The number of carboxylic acids is 1. The van der Waals surface area contributed by atoms with Gasteiger partial charge in [-0.15, -0.1) is 0 Å². The number of sulfonamides is 1. The van der Waals surface area contributed by atoms with Crippen LogP contribution in [0.4, 0.5) is 0 Å². The standard InChI is InChI=1S/C15H19NO4S/c17-15(18)11-8-12-6-9-14(10-7-12)21(19,20)16-13-4-2-1-3-5-13/h6-11,13,16H,1-5H2,(H,17,18)/b11-8+.